The quantitative estimate of drug-likeness (QED) is 0.906. The van der Waals surface area contributed by atoms with Crippen molar-refractivity contribution < 1.29 is 14.6 Å². The van der Waals surface area contributed by atoms with Crippen molar-refractivity contribution >= 4 is 0 Å². The molecule has 4 heteroatoms. The monoisotopic (exact) mass is 293 g/mol. The summed E-state index contributed by atoms with van der Waals surface area (Å²) in [4.78, 5) is 2.41. The summed E-state index contributed by atoms with van der Waals surface area (Å²) in [7, 11) is 3.23. The number of hydrogen-bond donors (Lipinski definition) is 1. The number of likely N-dealkylation sites (tertiary alicyclic amines) is 1. The molecule has 2 rings (SSSR count). The summed E-state index contributed by atoms with van der Waals surface area (Å²) in [6, 6.07) is 6.68. The molecule has 1 fully saturated rings. The highest BCUT2D eigenvalue weighted by molar-refractivity contribution is 5.43. The Morgan fingerprint density at radius 2 is 1.76 bits per heavy atom. The molecule has 118 valence electrons. The van der Waals surface area contributed by atoms with E-state index in [2.05, 4.69) is 18.7 Å². The van der Waals surface area contributed by atoms with Crippen LogP contribution >= 0.6 is 0 Å². The zero-order chi connectivity index (χ0) is 15.4. The van der Waals surface area contributed by atoms with Gasteiger partial charge in [-0.15, -0.1) is 0 Å². The van der Waals surface area contributed by atoms with E-state index in [1.807, 2.05) is 18.2 Å². The van der Waals surface area contributed by atoms with Crippen LogP contribution < -0.4 is 9.47 Å². The van der Waals surface area contributed by atoms with Crippen LogP contribution in [0.4, 0.5) is 0 Å². The lowest BCUT2D eigenvalue weighted by Crippen LogP contribution is -2.45. The summed E-state index contributed by atoms with van der Waals surface area (Å²) in [5, 5.41) is 10.6. The topological polar surface area (TPSA) is 41.9 Å². The number of β-amino-alcohol motifs (C(OH)–C–C–N with tert-alkyl or cyclic N) is 1. The van der Waals surface area contributed by atoms with Crippen LogP contribution in [0.15, 0.2) is 18.2 Å². The zero-order valence-electron chi connectivity index (χ0n) is 13.5. The second kappa shape index (κ2) is 7.14. The Morgan fingerprint density at radius 1 is 1.14 bits per heavy atom. The van der Waals surface area contributed by atoms with Crippen LogP contribution in [0, 0.1) is 0 Å². The largest absolute Gasteiger partial charge is 0.493 e. The molecule has 0 radical (unpaired) electrons. The van der Waals surface area contributed by atoms with E-state index in [9.17, 15) is 5.11 Å². The summed E-state index contributed by atoms with van der Waals surface area (Å²) in [6.07, 6.45) is 3.20. The summed E-state index contributed by atoms with van der Waals surface area (Å²) < 4.78 is 10.5. The molecule has 0 aromatic heterocycles. The first kappa shape index (κ1) is 16.1. The van der Waals surface area contributed by atoms with Gasteiger partial charge in [-0.05, 0) is 44.4 Å². The second-order valence-electron chi connectivity index (χ2n) is 5.96. The molecule has 1 aromatic rings. The fourth-order valence-electron chi connectivity index (χ4n) is 3.20. The van der Waals surface area contributed by atoms with Crippen molar-refractivity contribution in [3.8, 4) is 11.5 Å². The Hall–Kier alpha value is -1.26. The minimum absolute atomic E-state index is 0.507. The van der Waals surface area contributed by atoms with Crippen molar-refractivity contribution in [2.24, 2.45) is 0 Å². The van der Waals surface area contributed by atoms with Gasteiger partial charge in [0.05, 0.1) is 20.3 Å². The van der Waals surface area contributed by atoms with Crippen molar-refractivity contribution in [3.05, 3.63) is 23.8 Å². The molecule has 4 nitrogen and oxygen atoms in total. The number of nitrogens with zero attached hydrogens (tertiary/aromatic N) is 1. The summed E-state index contributed by atoms with van der Waals surface area (Å²) in [5.74, 6) is 1.35. The number of piperidine rings is 1. The molecule has 1 aliphatic rings. The zero-order valence-corrected chi connectivity index (χ0v) is 13.5. The van der Waals surface area contributed by atoms with Crippen LogP contribution in [0.1, 0.15) is 44.8 Å². The number of aliphatic hydroxyl groups is 1. The molecule has 1 aromatic carbocycles. The second-order valence-corrected chi connectivity index (χ2v) is 5.96. The van der Waals surface area contributed by atoms with Crippen molar-refractivity contribution in [2.75, 3.05) is 20.8 Å². The van der Waals surface area contributed by atoms with Crippen LogP contribution in [0.3, 0.4) is 0 Å². The highest BCUT2D eigenvalue weighted by atomic mass is 16.5. The van der Waals surface area contributed by atoms with E-state index < -0.39 is 6.10 Å². The highest BCUT2D eigenvalue weighted by Crippen LogP contribution is 2.31. The number of rotatable bonds is 5. The molecule has 0 spiro atoms. The molecule has 0 saturated carbocycles. The fraction of sp³-hybridized carbons (Fsp3) is 0.647. The van der Waals surface area contributed by atoms with Crippen LogP contribution in [0.25, 0.3) is 0 Å². The standard InChI is InChI=1S/C17H27NO3/c1-12-6-5-7-13(2)18(12)11-15(19)14-8-9-16(20-3)17(10-14)21-4/h8-10,12-13,15,19H,5-7,11H2,1-4H3. The van der Waals surface area contributed by atoms with Crippen LogP contribution in [-0.2, 0) is 0 Å². The minimum atomic E-state index is -0.507. The lowest BCUT2D eigenvalue weighted by Gasteiger charge is -2.40. The summed E-state index contributed by atoms with van der Waals surface area (Å²) in [6.45, 7) is 5.16. The maximum absolute atomic E-state index is 10.6. The third-order valence-electron chi connectivity index (χ3n) is 4.55. The molecule has 1 saturated heterocycles. The van der Waals surface area contributed by atoms with Gasteiger partial charge >= 0.3 is 0 Å². The Labute approximate surface area is 127 Å². The van der Waals surface area contributed by atoms with E-state index in [-0.39, 0.29) is 0 Å². The number of aliphatic hydroxyl groups excluding tert-OH is 1. The van der Waals surface area contributed by atoms with E-state index in [1.165, 1.54) is 19.3 Å². The predicted molar refractivity (Wildman–Crippen MR) is 84.0 cm³/mol. The molecule has 21 heavy (non-hydrogen) atoms. The molecular weight excluding hydrogens is 266 g/mol. The highest BCUT2D eigenvalue weighted by Gasteiger charge is 2.27. The fourth-order valence-corrected chi connectivity index (χ4v) is 3.20. The first-order valence-corrected chi connectivity index (χ1v) is 7.72. The van der Waals surface area contributed by atoms with E-state index in [0.29, 0.717) is 30.1 Å². The average Bonchev–Trinajstić information content (AvgIpc) is 2.50. The van der Waals surface area contributed by atoms with Gasteiger partial charge < -0.3 is 14.6 Å². The van der Waals surface area contributed by atoms with Gasteiger partial charge in [-0.3, -0.25) is 4.90 Å². The van der Waals surface area contributed by atoms with E-state index in [4.69, 9.17) is 9.47 Å². The van der Waals surface area contributed by atoms with Crippen LogP contribution in [-0.4, -0.2) is 42.9 Å². The Kier molecular flexibility index (Phi) is 5.48. The van der Waals surface area contributed by atoms with Gasteiger partial charge in [0, 0.05) is 18.6 Å². The lowest BCUT2D eigenvalue weighted by atomic mass is 9.96. The third kappa shape index (κ3) is 3.69. The van der Waals surface area contributed by atoms with Crippen molar-refractivity contribution in [2.45, 2.75) is 51.3 Å². The van der Waals surface area contributed by atoms with E-state index >= 15 is 0 Å². The Bertz CT molecular complexity index is 453. The van der Waals surface area contributed by atoms with Crippen molar-refractivity contribution in [1.82, 2.24) is 4.90 Å². The Morgan fingerprint density at radius 3 is 2.33 bits per heavy atom. The van der Waals surface area contributed by atoms with Gasteiger partial charge in [0.25, 0.3) is 0 Å². The SMILES string of the molecule is COc1ccc(C(O)CN2C(C)CCCC2C)cc1OC. The first-order chi connectivity index (χ1) is 10.1. The van der Waals surface area contributed by atoms with Crippen molar-refractivity contribution in [1.29, 1.82) is 0 Å². The average molecular weight is 293 g/mol. The smallest absolute Gasteiger partial charge is 0.161 e. The maximum atomic E-state index is 10.6. The van der Waals surface area contributed by atoms with E-state index in [1.54, 1.807) is 14.2 Å². The summed E-state index contributed by atoms with van der Waals surface area (Å²) in [5.41, 5.74) is 0.873. The van der Waals surface area contributed by atoms with Crippen LogP contribution in [0.2, 0.25) is 0 Å². The van der Waals surface area contributed by atoms with Gasteiger partial charge in [-0.2, -0.15) is 0 Å². The molecule has 1 aliphatic heterocycles. The normalized spacial score (nSPS) is 24.6. The van der Waals surface area contributed by atoms with Gasteiger partial charge in [-0.25, -0.2) is 0 Å². The molecule has 3 atom stereocenters. The van der Waals surface area contributed by atoms with Gasteiger partial charge in [0.15, 0.2) is 11.5 Å². The summed E-state index contributed by atoms with van der Waals surface area (Å²) >= 11 is 0. The number of methoxy groups -OCH3 is 2. The Balaban J connectivity index is 2.10. The molecule has 0 amide bonds. The number of ether oxygens (including phenoxy) is 2. The molecule has 0 bridgehead atoms. The molecular formula is C17H27NO3. The van der Waals surface area contributed by atoms with Gasteiger partial charge in [-0.1, -0.05) is 12.5 Å². The molecule has 3 unspecified atom stereocenters. The minimum Gasteiger partial charge on any atom is -0.493 e. The number of hydrogen-bond acceptors (Lipinski definition) is 4. The van der Waals surface area contributed by atoms with E-state index in [0.717, 1.165) is 5.56 Å². The maximum Gasteiger partial charge on any atom is 0.161 e. The molecule has 1 N–H and O–H groups in total. The predicted octanol–water partition coefficient (Wildman–Crippen LogP) is 3.00. The van der Waals surface area contributed by atoms with Crippen LogP contribution in [0.5, 0.6) is 11.5 Å². The molecule has 0 aliphatic carbocycles. The number of benzene rings is 1. The first-order valence-electron chi connectivity index (χ1n) is 7.72. The third-order valence-corrected chi connectivity index (χ3v) is 4.55. The van der Waals surface area contributed by atoms with Gasteiger partial charge in [0.2, 0.25) is 0 Å². The van der Waals surface area contributed by atoms with Crippen molar-refractivity contribution in [3.63, 3.8) is 0 Å². The van der Waals surface area contributed by atoms with Gasteiger partial charge in [0.1, 0.15) is 0 Å². The molecule has 1 heterocycles. The lowest BCUT2D eigenvalue weighted by molar-refractivity contribution is 0.0411.